The summed E-state index contributed by atoms with van der Waals surface area (Å²) >= 11 is 0. The largest absolute Gasteiger partial charge is 0.402 e. The second-order valence-electron chi connectivity index (χ2n) is 7.29. The summed E-state index contributed by atoms with van der Waals surface area (Å²) in [6, 6.07) is 15.5. The number of nitrogens with zero attached hydrogens (tertiary/aromatic N) is 2. The number of amides is 1. The van der Waals surface area contributed by atoms with E-state index in [-0.39, 0.29) is 21.9 Å². The third-order valence-corrected chi connectivity index (χ3v) is 6.23. The third-order valence-electron chi connectivity index (χ3n) is 4.82. The number of nitrogens with one attached hydrogen (secondary N) is 2. The van der Waals surface area contributed by atoms with Crippen molar-refractivity contribution >= 4 is 32.7 Å². The van der Waals surface area contributed by atoms with Gasteiger partial charge in [0.1, 0.15) is 6.54 Å². The molecule has 0 saturated heterocycles. The van der Waals surface area contributed by atoms with Crippen LogP contribution in [0.15, 0.2) is 70.1 Å². The van der Waals surface area contributed by atoms with E-state index in [9.17, 15) is 26.4 Å². The monoisotopic (exact) mass is 490 g/mol. The minimum Gasteiger partial charge on any atom is -0.335 e. The van der Waals surface area contributed by atoms with Gasteiger partial charge in [0.25, 0.3) is 11.6 Å². The molecule has 34 heavy (non-hydrogen) atoms. The number of carbonyl (C=O) groups excluding carboxylic acids is 1. The molecule has 0 saturated carbocycles. The van der Waals surface area contributed by atoms with Gasteiger partial charge >= 0.3 is 6.18 Å². The fraction of sp³-hybridized carbons (Fsp3) is 0.136. The minimum atomic E-state index is -4.68. The standard InChI is InChI=1S/C22H17F3N4O4S/c1-13-19-17(11-18(28-21(19)33-29-13)14-5-3-2-4-6-14)20(30)27-15-7-9-16(10-8-15)34(31,32)26-12-22(23,24)25/h2-11,26H,12H2,1H3,(H,27,30). The van der Waals surface area contributed by atoms with E-state index in [0.717, 1.165) is 17.7 Å². The van der Waals surface area contributed by atoms with Crippen molar-refractivity contribution in [2.24, 2.45) is 0 Å². The van der Waals surface area contributed by atoms with Gasteiger partial charge in [-0.15, -0.1) is 0 Å². The van der Waals surface area contributed by atoms with Crippen LogP contribution in [-0.2, 0) is 10.0 Å². The van der Waals surface area contributed by atoms with Gasteiger partial charge in [0, 0.05) is 11.3 Å². The number of sulfonamides is 1. The van der Waals surface area contributed by atoms with Crippen molar-refractivity contribution in [3.63, 3.8) is 0 Å². The van der Waals surface area contributed by atoms with Crippen molar-refractivity contribution < 1.29 is 30.9 Å². The number of aromatic nitrogens is 2. The predicted octanol–water partition coefficient (Wildman–Crippen LogP) is 4.29. The second kappa shape index (κ2) is 8.88. The zero-order valence-corrected chi connectivity index (χ0v) is 18.4. The van der Waals surface area contributed by atoms with Gasteiger partial charge in [-0.05, 0) is 37.3 Å². The Hall–Kier alpha value is -3.77. The smallest absolute Gasteiger partial charge is 0.335 e. The lowest BCUT2D eigenvalue weighted by molar-refractivity contribution is -0.121. The van der Waals surface area contributed by atoms with Crippen LogP contribution in [0.3, 0.4) is 0 Å². The molecule has 0 unspecified atom stereocenters. The van der Waals surface area contributed by atoms with Crippen molar-refractivity contribution in [1.82, 2.24) is 14.9 Å². The maximum absolute atomic E-state index is 13.1. The highest BCUT2D eigenvalue weighted by Gasteiger charge is 2.30. The van der Waals surface area contributed by atoms with Gasteiger partial charge in [-0.1, -0.05) is 35.5 Å². The number of fused-ring (bicyclic) bond motifs is 1. The summed E-state index contributed by atoms with van der Waals surface area (Å²) in [5.74, 6) is -0.526. The number of alkyl halides is 3. The van der Waals surface area contributed by atoms with Crippen molar-refractivity contribution in [2.45, 2.75) is 18.0 Å². The molecule has 0 aliphatic rings. The molecule has 0 aliphatic carbocycles. The minimum absolute atomic E-state index is 0.182. The Bertz CT molecular complexity index is 1450. The van der Waals surface area contributed by atoms with Crippen LogP contribution in [0, 0.1) is 6.92 Å². The average Bonchev–Trinajstić information content (AvgIpc) is 3.18. The number of pyridine rings is 1. The quantitative estimate of drug-likeness (QED) is 0.417. The average molecular weight is 490 g/mol. The SMILES string of the molecule is Cc1noc2nc(-c3ccccc3)cc(C(=O)Nc3ccc(S(=O)(=O)NCC(F)(F)F)cc3)c12. The Kier molecular flexibility index (Phi) is 6.11. The number of rotatable bonds is 6. The van der Waals surface area contributed by atoms with Crippen LogP contribution in [0.4, 0.5) is 18.9 Å². The lowest BCUT2D eigenvalue weighted by Crippen LogP contribution is -2.33. The molecule has 4 rings (SSSR count). The highest BCUT2D eigenvalue weighted by atomic mass is 32.2. The predicted molar refractivity (Wildman–Crippen MR) is 118 cm³/mol. The Morgan fingerprint density at radius 3 is 2.38 bits per heavy atom. The summed E-state index contributed by atoms with van der Waals surface area (Å²) in [5, 5.41) is 6.96. The number of hydrogen-bond donors (Lipinski definition) is 2. The Morgan fingerprint density at radius 2 is 1.74 bits per heavy atom. The number of anilines is 1. The molecule has 2 heterocycles. The molecule has 176 valence electrons. The van der Waals surface area contributed by atoms with Gasteiger partial charge < -0.3 is 9.84 Å². The second-order valence-corrected chi connectivity index (χ2v) is 9.05. The van der Waals surface area contributed by atoms with E-state index in [1.807, 2.05) is 30.3 Å². The van der Waals surface area contributed by atoms with Crippen LogP contribution in [0.25, 0.3) is 22.4 Å². The zero-order valence-electron chi connectivity index (χ0n) is 17.6. The van der Waals surface area contributed by atoms with Crippen molar-refractivity contribution in [3.05, 3.63) is 71.9 Å². The molecule has 0 bridgehead atoms. The Balaban J connectivity index is 1.61. The van der Waals surface area contributed by atoms with Gasteiger partial charge in [0.15, 0.2) is 0 Å². The topological polar surface area (TPSA) is 114 Å². The molecule has 4 aromatic rings. The number of carbonyl (C=O) groups is 1. The maximum atomic E-state index is 13.1. The van der Waals surface area contributed by atoms with Crippen LogP contribution >= 0.6 is 0 Å². The highest BCUT2D eigenvalue weighted by Crippen LogP contribution is 2.28. The molecule has 0 aliphatic heterocycles. The lowest BCUT2D eigenvalue weighted by Gasteiger charge is -2.11. The van der Waals surface area contributed by atoms with Crippen molar-refractivity contribution in [1.29, 1.82) is 0 Å². The molecule has 8 nitrogen and oxygen atoms in total. The van der Waals surface area contributed by atoms with Gasteiger partial charge in [-0.3, -0.25) is 4.79 Å². The van der Waals surface area contributed by atoms with Crippen LogP contribution in [0.5, 0.6) is 0 Å². The van der Waals surface area contributed by atoms with Crippen LogP contribution < -0.4 is 10.0 Å². The van der Waals surface area contributed by atoms with E-state index >= 15 is 0 Å². The van der Waals surface area contributed by atoms with Crippen LogP contribution in [0.2, 0.25) is 0 Å². The summed E-state index contributed by atoms with van der Waals surface area (Å²) in [5.41, 5.74) is 2.37. The summed E-state index contributed by atoms with van der Waals surface area (Å²) in [6.07, 6.45) is -4.68. The van der Waals surface area contributed by atoms with Crippen molar-refractivity contribution in [3.8, 4) is 11.3 Å². The van der Waals surface area contributed by atoms with Gasteiger partial charge in [-0.2, -0.15) is 13.2 Å². The first kappa shape index (κ1) is 23.4. The van der Waals surface area contributed by atoms with E-state index in [0.29, 0.717) is 16.8 Å². The van der Waals surface area contributed by atoms with E-state index in [4.69, 9.17) is 4.52 Å². The molecule has 0 radical (unpaired) electrons. The van der Waals surface area contributed by atoms with Gasteiger partial charge in [0.2, 0.25) is 10.0 Å². The molecule has 2 aromatic heterocycles. The fourth-order valence-electron chi connectivity index (χ4n) is 3.21. The summed E-state index contributed by atoms with van der Waals surface area (Å²) in [7, 11) is -4.37. The molecule has 1 amide bonds. The van der Waals surface area contributed by atoms with E-state index in [1.54, 1.807) is 13.0 Å². The molecule has 12 heteroatoms. The molecule has 2 aromatic carbocycles. The number of aryl methyl sites for hydroxylation is 1. The Morgan fingerprint density at radius 1 is 1.06 bits per heavy atom. The zero-order chi connectivity index (χ0) is 24.5. The lowest BCUT2D eigenvalue weighted by atomic mass is 10.1. The van der Waals surface area contributed by atoms with E-state index in [1.165, 1.54) is 16.9 Å². The maximum Gasteiger partial charge on any atom is 0.402 e. The Labute approximate surface area is 191 Å². The number of benzene rings is 2. The van der Waals surface area contributed by atoms with Gasteiger partial charge in [-0.25, -0.2) is 18.1 Å². The van der Waals surface area contributed by atoms with E-state index < -0.39 is 28.7 Å². The number of halogens is 3. The number of hydrogen-bond acceptors (Lipinski definition) is 6. The first-order valence-electron chi connectivity index (χ1n) is 9.84. The molecule has 2 N–H and O–H groups in total. The van der Waals surface area contributed by atoms with E-state index in [2.05, 4.69) is 15.5 Å². The van der Waals surface area contributed by atoms with Crippen molar-refractivity contribution in [2.75, 3.05) is 11.9 Å². The molecule has 0 atom stereocenters. The fourth-order valence-corrected chi connectivity index (χ4v) is 4.22. The normalized spacial score (nSPS) is 12.1. The molecule has 0 fully saturated rings. The molecular formula is C22H17F3N4O4S. The summed E-state index contributed by atoms with van der Waals surface area (Å²) in [6.45, 7) is -0.0201. The molecular weight excluding hydrogens is 473 g/mol. The highest BCUT2D eigenvalue weighted by molar-refractivity contribution is 7.89. The molecule has 0 spiro atoms. The summed E-state index contributed by atoms with van der Waals surface area (Å²) < 4.78 is 67.8. The third kappa shape index (κ3) is 5.07. The van der Waals surface area contributed by atoms with Gasteiger partial charge in [0.05, 0.1) is 27.2 Å². The first-order chi connectivity index (χ1) is 16.0. The first-order valence-corrected chi connectivity index (χ1v) is 11.3. The summed E-state index contributed by atoms with van der Waals surface area (Å²) in [4.78, 5) is 17.1. The van der Waals surface area contributed by atoms with Crippen LogP contribution in [-0.4, -0.2) is 37.2 Å². The van der Waals surface area contributed by atoms with Crippen LogP contribution in [0.1, 0.15) is 16.1 Å².